The minimum absolute atomic E-state index is 0.0818. The Morgan fingerprint density at radius 1 is 1.24 bits per heavy atom. The number of nitrogens with one attached hydrogen (secondary N) is 1. The van der Waals surface area contributed by atoms with Crippen molar-refractivity contribution < 1.29 is 22.6 Å². The van der Waals surface area contributed by atoms with Gasteiger partial charge in [-0.25, -0.2) is 5.84 Å². The van der Waals surface area contributed by atoms with Crippen LogP contribution in [-0.4, -0.2) is 16.3 Å². The van der Waals surface area contributed by atoms with Gasteiger partial charge in [-0.2, -0.15) is 4.98 Å². The van der Waals surface area contributed by atoms with Crippen LogP contribution in [0.15, 0.2) is 35.1 Å². The van der Waals surface area contributed by atoms with Gasteiger partial charge in [-0.1, -0.05) is 0 Å². The van der Waals surface area contributed by atoms with E-state index in [9.17, 15) is 13.2 Å². The summed E-state index contributed by atoms with van der Waals surface area (Å²) in [4.78, 5) is 7.78. The molecule has 1 aromatic carbocycles. The average Bonchev–Trinajstić information content (AvgIpc) is 2.41. The van der Waals surface area contributed by atoms with Crippen LogP contribution in [0.5, 0.6) is 17.4 Å². The second-order valence-electron chi connectivity index (χ2n) is 3.63. The number of hydrazine groups is 1. The molecule has 0 saturated heterocycles. The Balaban J connectivity index is 2.16. The number of ether oxygens (including phenoxy) is 2. The fraction of sp³-hybridized carbons (Fsp3) is 0.0909. The summed E-state index contributed by atoms with van der Waals surface area (Å²) in [6, 6.07) is 3.73. The van der Waals surface area contributed by atoms with Crippen LogP contribution in [-0.2, 0) is 0 Å². The molecule has 0 aliphatic rings. The summed E-state index contributed by atoms with van der Waals surface area (Å²) in [6.45, 7) is 0. The van der Waals surface area contributed by atoms with E-state index in [0.717, 1.165) is 6.07 Å². The van der Waals surface area contributed by atoms with Crippen LogP contribution in [0, 0.1) is 0 Å². The maximum Gasteiger partial charge on any atom is 0.573 e. The van der Waals surface area contributed by atoms with E-state index in [2.05, 4.69) is 36.1 Å². The summed E-state index contributed by atoms with van der Waals surface area (Å²) in [5.41, 5.74) is 2.29. The lowest BCUT2D eigenvalue weighted by molar-refractivity contribution is -0.274. The second kappa shape index (κ2) is 6.14. The number of anilines is 1. The molecule has 0 spiro atoms. The molecule has 6 nitrogen and oxygen atoms in total. The predicted molar refractivity (Wildman–Crippen MR) is 70.7 cm³/mol. The van der Waals surface area contributed by atoms with Gasteiger partial charge in [0.2, 0.25) is 5.88 Å². The number of benzene rings is 1. The Morgan fingerprint density at radius 2 is 2.00 bits per heavy atom. The average molecular weight is 365 g/mol. The molecular formula is C11H8BrF3N4O2. The molecule has 0 amide bonds. The van der Waals surface area contributed by atoms with E-state index in [1.165, 1.54) is 24.5 Å². The molecule has 1 aromatic heterocycles. The topological polar surface area (TPSA) is 82.3 Å². The highest BCUT2D eigenvalue weighted by Crippen LogP contribution is 2.34. The summed E-state index contributed by atoms with van der Waals surface area (Å²) in [6.07, 6.45) is -2.06. The van der Waals surface area contributed by atoms with Gasteiger partial charge in [-0.15, -0.1) is 13.2 Å². The van der Waals surface area contributed by atoms with E-state index >= 15 is 0 Å². The number of halogens is 4. The van der Waals surface area contributed by atoms with Gasteiger partial charge in [-0.05, 0) is 34.1 Å². The molecule has 2 aromatic rings. The molecule has 0 aliphatic heterocycles. The molecule has 0 atom stereocenters. The van der Waals surface area contributed by atoms with Crippen molar-refractivity contribution in [1.82, 2.24) is 9.97 Å². The van der Waals surface area contributed by atoms with Crippen molar-refractivity contribution >= 4 is 21.7 Å². The van der Waals surface area contributed by atoms with Crippen LogP contribution in [0.3, 0.4) is 0 Å². The first kappa shape index (κ1) is 15.3. The van der Waals surface area contributed by atoms with Gasteiger partial charge < -0.3 is 14.9 Å². The zero-order chi connectivity index (χ0) is 15.5. The summed E-state index contributed by atoms with van der Waals surface area (Å²) < 4.78 is 45.7. The number of hydrogen-bond acceptors (Lipinski definition) is 6. The molecule has 21 heavy (non-hydrogen) atoms. The van der Waals surface area contributed by atoms with Gasteiger partial charge in [0.05, 0.1) is 16.9 Å². The third-order valence-electron chi connectivity index (χ3n) is 2.11. The van der Waals surface area contributed by atoms with Crippen molar-refractivity contribution in [3.05, 3.63) is 35.1 Å². The normalized spacial score (nSPS) is 11.1. The Morgan fingerprint density at radius 3 is 2.62 bits per heavy atom. The van der Waals surface area contributed by atoms with Crippen molar-refractivity contribution in [2.75, 3.05) is 5.43 Å². The lowest BCUT2D eigenvalue weighted by Gasteiger charge is -2.11. The minimum atomic E-state index is -4.77. The zero-order valence-electron chi connectivity index (χ0n) is 10.2. The van der Waals surface area contributed by atoms with Crippen molar-refractivity contribution in [3.63, 3.8) is 0 Å². The fourth-order valence-electron chi connectivity index (χ4n) is 1.34. The molecule has 0 radical (unpaired) electrons. The molecule has 0 fully saturated rings. The number of aromatic nitrogens is 2. The van der Waals surface area contributed by atoms with Gasteiger partial charge in [0.1, 0.15) is 11.5 Å². The van der Waals surface area contributed by atoms with E-state index in [-0.39, 0.29) is 27.7 Å². The number of alkyl halides is 3. The van der Waals surface area contributed by atoms with Gasteiger partial charge in [0.15, 0.2) is 5.82 Å². The third-order valence-corrected chi connectivity index (χ3v) is 2.73. The Kier molecular flexibility index (Phi) is 4.48. The summed E-state index contributed by atoms with van der Waals surface area (Å²) in [5, 5.41) is 0. The maximum absolute atomic E-state index is 12.1. The van der Waals surface area contributed by atoms with Crippen LogP contribution in [0.4, 0.5) is 19.0 Å². The fourth-order valence-corrected chi connectivity index (χ4v) is 1.78. The number of hydrogen-bond donors (Lipinski definition) is 2. The number of rotatable bonds is 4. The summed E-state index contributed by atoms with van der Waals surface area (Å²) >= 11 is 2.97. The maximum atomic E-state index is 12.1. The van der Waals surface area contributed by atoms with Gasteiger partial charge in [0, 0.05) is 0 Å². The minimum Gasteiger partial charge on any atom is -0.437 e. The molecule has 0 bridgehead atoms. The second-order valence-corrected chi connectivity index (χ2v) is 4.48. The van der Waals surface area contributed by atoms with E-state index in [4.69, 9.17) is 10.6 Å². The highest BCUT2D eigenvalue weighted by molar-refractivity contribution is 9.10. The zero-order valence-corrected chi connectivity index (χ0v) is 11.8. The van der Waals surface area contributed by atoms with Crippen LogP contribution >= 0.6 is 15.9 Å². The molecule has 0 aliphatic carbocycles. The molecule has 3 N–H and O–H groups in total. The van der Waals surface area contributed by atoms with E-state index in [0.29, 0.717) is 0 Å². The summed E-state index contributed by atoms with van der Waals surface area (Å²) in [7, 11) is 0. The SMILES string of the molecule is NNc1cncc(Oc2ccc(OC(F)(F)F)c(Br)c2)n1. The first-order chi connectivity index (χ1) is 9.87. The van der Waals surface area contributed by atoms with Crippen molar-refractivity contribution in [1.29, 1.82) is 0 Å². The first-order valence-electron chi connectivity index (χ1n) is 5.39. The van der Waals surface area contributed by atoms with Crippen molar-refractivity contribution in [3.8, 4) is 17.4 Å². The molecule has 1 heterocycles. The van der Waals surface area contributed by atoms with E-state index in [1.54, 1.807) is 0 Å². The highest BCUT2D eigenvalue weighted by Gasteiger charge is 2.32. The van der Waals surface area contributed by atoms with E-state index < -0.39 is 6.36 Å². The molecule has 112 valence electrons. The van der Waals surface area contributed by atoms with Crippen LogP contribution in [0.25, 0.3) is 0 Å². The molecule has 0 unspecified atom stereocenters. The van der Waals surface area contributed by atoms with Gasteiger partial charge >= 0.3 is 6.36 Å². The van der Waals surface area contributed by atoms with E-state index in [1.807, 2.05) is 0 Å². The number of nitrogens with zero attached hydrogens (tertiary/aromatic N) is 2. The van der Waals surface area contributed by atoms with Crippen LogP contribution in [0.2, 0.25) is 0 Å². The van der Waals surface area contributed by atoms with Gasteiger partial charge in [-0.3, -0.25) is 4.98 Å². The molecular weight excluding hydrogens is 357 g/mol. The summed E-state index contributed by atoms with van der Waals surface area (Å²) in [5.74, 6) is 5.46. The lowest BCUT2D eigenvalue weighted by Crippen LogP contribution is -2.17. The monoisotopic (exact) mass is 364 g/mol. The molecule has 10 heteroatoms. The highest BCUT2D eigenvalue weighted by atomic mass is 79.9. The molecule has 2 rings (SSSR count). The van der Waals surface area contributed by atoms with Crippen LogP contribution in [0.1, 0.15) is 0 Å². The first-order valence-corrected chi connectivity index (χ1v) is 6.18. The van der Waals surface area contributed by atoms with Crippen molar-refractivity contribution in [2.45, 2.75) is 6.36 Å². The standard InChI is InChI=1S/C11H8BrF3N4O2/c12-7-3-6(1-2-8(7)21-11(13,14)15)20-10-5-17-4-9(18-10)19-16/h1-5H,16H2,(H,18,19). The number of nitrogen functional groups attached to an aromatic ring is 1. The van der Waals surface area contributed by atoms with Crippen molar-refractivity contribution in [2.24, 2.45) is 5.84 Å². The Labute approximate surface area is 125 Å². The largest absolute Gasteiger partial charge is 0.573 e. The van der Waals surface area contributed by atoms with Crippen LogP contribution < -0.4 is 20.7 Å². The Hall–Kier alpha value is -2.07. The smallest absolute Gasteiger partial charge is 0.437 e. The Bertz CT molecular complexity index is 639. The number of nitrogens with two attached hydrogens (primary N) is 1. The quantitative estimate of drug-likeness (QED) is 0.640. The molecule has 0 saturated carbocycles. The third kappa shape index (κ3) is 4.46. The predicted octanol–water partition coefficient (Wildman–Crippen LogP) is 3.22. The lowest BCUT2D eigenvalue weighted by atomic mass is 10.3. The van der Waals surface area contributed by atoms with Gasteiger partial charge in [0.25, 0.3) is 0 Å².